The van der Waals surface area contributed by atoms with E-state index < -0.39 is 76.2 Å². The number of ketones is 2. The van der Waals surface area contributed by atoms with Gasteiger partial charge in [-0.25, -0.2) is 4.90 Å². The Hall–Kier alpha value is -5.46. The molecular weight excluding hydrogens is 680 g/mol. The molecule has 0 aromatic heterocycles. The van der Waals surface area contributed by atoms with Crippen molar-refractivity contribution in [2.75, 3.05) is 4.90 Å². The SMILES string of the molecule is CC1=CC(=O)C2=C(C1=O)C(c1ccc(OCc3ccccc3)cc1O)C1=CCC3C(=O)N(c4cc(C(F)(F)F)cc(C(F)(F)F)c4)C(=O)C3C1C2. The number of nitrogens with zero attached hydrogens (tertiary/aromatic N) is 1. The van der Waals surface area contributed by atoms with Crippen LogP contribution in [0.2, 0.25) is 0 Å². The predicted octanol–water partition coefficient (Wildman–Crippen LogP) is 7.64. The maximum Gasteiger partial charge on any atom is 0.416 e. The fraction of sp³-hybridized carbons (Fsp3) is 0.263. The van der Waals surface area contributed by atoms with E-state index in [0.29, 0.717) is 28.4 Å². The molecule has 7 rings (SSSR count). The minimum absolute atomic E-state index is 0.0549. The number of fused-ring (bicyclic) bond motifs is 3. The molecule has 1 heterocycles. The van der Waals surface area contributed by atoms with Crippen molar-refractivity contribution < 1.29 is 55.4 Å². The number of benzene rings is 3. The normalized spacial score (nSPS) is 23.5. The number of alkyl halides is 6. The largest absolute Gasteiger partial charge is 0.507 e. The molecule has 3 aromatic rings. The zero-order chi connectivity index (χ0) is 36.6. The van der Waals surface area contributed by atoms with Crippen LogP contribution in [0.25, 0.3) is 0 Å². The Morgan fingerprint density at radius 1 is 0.843 bits per heavy atom. The van der Waals surface area contributed by atoms with Gasteiger partial charge in [-0.05, 0) is 61.6 Å². The van der Waals surface area contributed by atoms with Crippen molar-refractivity contribution in [1.29, 1.82) is 0 Å². The number of hydrogen-bond donors (Lipinski definition) is 1. The number of carbonyl (C=O) groups excluding carboxylic acids is 4. The Balaban J connectivity index is 1.29. The maximum atomic E-state index is 14.1. The monoisotopic (exact) mass is 707 g/mol. The lowest BCUT2D eigenvalue weighted by Gasteiger charge is -2.42. The molecule has 1 N–H and O–H groups in total. The van der Waals surface area contributed by atoms with Crippen LogP contribution in [0.1, 0.15) is 47.9 Å². The van der Waals surface area contributed by atoms with Crippen LogP contribution in [0, 0.1) is 17.8 Å². The van der Waals surface area contributed by atoms with Gasteiger partial charge in [0.1, 0.15) is 18.1 Å². The summed E-state index contributed by atoms with van der Waals surface area (Å²) in [7, 11) is 0. The number of ether oxygens (including phenoxy) is 1. The molecule has 13 heteroatoms. The number of amides is 2. The van der Waals surface area contributed by atoms with E-state index in [-0.39, 0.29) is 53.5 Å². The molecule has 262 valence electrons. The number of Topliss-reactive ketones (excluding diaryl/α,β-unsaturated/α-hetero) is 1. The van der Waals surface area contributed by atoms with E-state index in [2.05, 4.69) is 0 Å². The summed E-state index contributed by atoms with van der Waals surface area (Å²) in [5.41, 5.74) is -2.43. The van der Waals surface area contributed by atoms with Crippen LogP contribution in [0.15, 0.2) is 101 Å². The van der Waals surface area contributed by atoms with Crippen molar-refractivity contribution in [1.82, 2.24) is 0 Å². The highest BCUT2D eigenvalue weighted by molar-refractivity contribution is 6.25. The lowest BCUT2D eigenvalue weighted by Crippen LogP contribution is -2.39. The molecule has 0 spiro atoms. The number of imide groups is 1. The van der Waals surface area contributed by atoms with Gasteiger partial charge in [0.25, 0.3) is 0 Å². The van der Waals surface area contributed by atoms with Crippen molar-refractivity contribution in [3.63, 3.8) is 0 Å². The summed E-state index contributed by atoms with van der Waals surface area (Å²) in [4.78, 5) is 55.3. The molecule has 51 heavy (non-hydrogen) atoms. The van der Waals surface area contributed by atoms with Gasteiger partial charge in [-0.15, -0.1) is 0 Å². The van der Waals surface area contributed by atoms with Crippen LogP contribution < -0.4 is 9.64 Å². The fourth-order valence-electron chi connectivity index (χ4n) is 7.64. The summed E-state index contributed by atoms with van der Waals surface area (Å²) >= 11 is 0. The van der Waals surface area contributed by atoms with Crippen LogP contribution in [0.5, 0.6) is 11.5 Å². The third-order valence-corrected chi connectivity index (χ3v) is 9.96. The Labute approximate surface area is 286 Å². The second kappa shape index (κ2) is 12.1. The van der Waals surface area contributed by atoms with Gasteiger partial charge >= 0.3 is 12.4 Å². The van der Waals surface area contributed by atoms with Crippen molar-refractivity contribution >= 4 is 29.1 Å². The molecule has 1 fully saturated rings. The van der Waals surface area contributed by atoms with Gasteiger partial charge in [-0.1, -0.05) is 48.0 Å². The molecule has 0 radical (unpaired) electrons. The third kappa shape index (κ3) is 5.83. The number of rotatable bonds is 5. The molecule has 2 amide bonds. The predicted molar refractivity (Wildman–Crippen MR) is 169 cm³/mol. The lowest BCUT2D eigenvalue weighted by atomic mass is 9.59. The van der Waals surface area contributed by atoms with Gasteiger partial charge in [0.15, 0.2) is 11.6 Å². The van der Waals surface area contributed by atoms with Gasteiger partial charge in [-0.3, -0.25) is 19.2 Å². The third-order valence-electron chi connectivity index (χ3n) is 9.96. The second-order valence-electron chi connectivity index (χ2n) is 13.0. The molecule has 3 aliphatic carbocycles. The van der Waals surface area contributed by atoms with E-state index in [1.54, 1.807) is 12.1 Å². The summed E-state index contributed by atoms with van der Waals surface area (Å²) in [6.45, 7) is 1.66. The first-order chi connectivity index (χ1) is 24.0. The van der Waals surface area contributed by atoms with Crippen molar-refractivity contribution in [3.05, 3.63) is 123 Å². The Kier molecular flexibility index (Phi) is 8.07. The zero-order valence-corrected chi connectivity index (χ0v) is 26.6. The Bertz CT molecular complexity index is 2080. The quantitative estimate of drug-likeness (QED) is 0.127. The first-order valence-corrected chi connectivity index (χ1v) is 15.9. The molecular formula is C38H27F6NO6. The molecule has 7 nitrogen and oxygen atoms in total. The minimum Gasteiger partial charge on any atom is -0.507 e. The number of allylic oxidation sites excluding steroid dienone is 6. The molecule has 0 bridgehead atoms. The Morgan fingerprint density at radius 3 is 2.14 bits per heavy atom. The second-order valence-corrected chi connectivity index (χ2v) is 13.0. The molecule has 4 unspecified atom stereocenters. The van der Waals surface area contributed by atoms with Crippen LogP contribution in [-0.4, -0.2) is 28.5 Å². The Morgan fingerprint density at radius 2 is 1.51 bits per heavy atom. The summed E-state index contributed by atoms with van der Waals surface area (Å²) in [5.74, 6) is -7.39. The fourth-order valence-corrected chi connectivity index (χ4v) is 7.64. The number of halogens is 6. The van der Waals surface area contributed by atoms with Crippen LogP contribution in [-0.2, 0) is 38.1 Å². The van der Waals surface area contributed by atoms with Gasteiger partial charge in [0.2, 0.25) is 11.8 Å². The molecule has 4 atom stereocenters. The van der Waals surface area contributed by atoms with E-state index in [9.17, 15) is 50.6 Å². The summed E-state index contributed by atoms with van der Waals surface area (Å²) in [6.07, 6.45) is -7.97. The van der Waals surface area contributed by atoms with Gasteiger partial charge in [-0.2, -0.15) is 26.3 Å². The highest BCUT2D eigenvalue weighted by Gasteiger charge is 2.57. The van der Waals surface area contributed by atoms with E-state index in [0.717, 1.165) is 11.6 Å². The summed E-state index contributed by atoms with van der Waals surface area (Å²) in [5, 5.41) is 11.3. The number of hydrogen-bond acceptors (Lipinski definition) is 6. The number of phenolic OH excluding ortho intramolecular Hbond substituents is 1. The highest BCUT2D eigenvalue weighted by atomic mass is 19.4. The molecule has 1 aliphatic heterocycles. The number of carbonyl (C=O) groups is 4. The molecule has 1 saturated heterocycles. The molecule has 0 saturated carbocycles. The topological polar surface area (TPSA) is 101 Å². The van der Waals surface area contributed by atoms with E-state index in [1.165, 1.54) is 19.1 Å². The first-order valence-electron chi connectivity index (χ1n) is 15.9. The smallest absolute Gasteiger partial charge is 0.416 e. The average molecular weight is 708 g/mol. The van der Waals surface area contributed by atoms with Gasteiger partial charge in [0.05, 0.1) is 28.7 Å². The standard InChI is InChI=1S/C38H27F6NO6/c1-18-11-29(46)28-16-27-24(31(33(28)34(18)48)25-8-7-23(15-30(25)47)51-17-19-5-3-2-4-6-19)9-10-26-32(27)36(50)45(35(26)49)22-13-20(37(39,40)41)12-21(14-22)38(42,43)44/h2-9,11-15,26-27,31-32,47H,10,16-17H2,1H3. The number of phenols is 1. The van der Waals surface area contributed by atoms with E-state index in [4.69, 9.17) is 4.74 Å². The zero-order valence-electron chi connectivity index (χ0n) is 26.6. The van der Waals surface area contributed by atoms with Gasteiger partial charge < -0.3 is 9.84 Å². The number of anilines is 1. The number of aromatic hydroxyl groups is 1. The molecule has 3 aromatic carbocycles. The van der Waals surface area contributed by atoms with Crippen molar-refractivity contribution in [2.45, 2.75) is 44.6 Å². The first kappa shape index (κ1) is 34.0. The summed E-state index contributed by atoms with van der Waals surface area (Å²) in [6, 6.07) is 14.3. The maximum absolute atomic E-state index is 14.1. The lowest BCUT2D eigenvalue weighted by molar-refractivity contribution is -0.143. The summed E-state index contributed by atoms with van der Waals surface area (Å²) < 4.78 is 88.1. The van der Waals surface area contributed by atoms with Crippen molar-refractivity contribution in [2.24, 2.45) is 17.8 Å². The van der Waals surface area contributed by atoms with Crippen LogP contribution in [0.4, 0.5) is 32.0 Å². The van der Waals surface area contributed by atoms with Crippen molar-refractivity contribution in [3.8, 4) is 11.5 Å². The minimum atomic E-state index is -5.22. The van der Waals surface area contributed by atoms with E-state index >= 15 is 0 Å². The average Bonchev–Trinajstić information content (AvgIpc) is 3.34. The molecule has 4 aliphatic rings. The highest BCUT2D eigenvalue weighted by Crippen LogP contribution is 2.57. The van der Waals surface area contributed by atoms with Gasteiger partial charge in [0, 0.05) is 34.3 Å². The van der Waals surface area contributed by atoms with E-state index in [1.807, 2.05) is 30.3 Å². The van der Waals surface area contributed by atoms with Crippen LogP contribution in [0.3, 0.4) is 0 Å². The van der Waals surface area contributed by atoms with Crippen LogP contribution >= 0.6 is 0 Å².